The van der Waals surface area contributed by atoms with Gasteiger partial charge in [0.1, 0.15) is 0 Å². The summed E-state index contributed by atoms with van der Waals surface area (Å²) in [6.07, 6.45) is 1.82. The van der Waals surface area contributed by atoms with Crippen LogP contribution in [0.2, 0.25) is 19.6 Å². The molecule has 0 unspecified atom stereocenters. The first-order valence-corrected chi connectivity index (χ1v) is 7.96. The van der Waals surface area contributed by atoms with E-state index >= 15 is 0 Å². The number of hydrogen-bond acceptors (Lipinski definition) is 2. The molecule has 0 N–H and O–H groups in total. The summed E-state index contributed by atoms with van der Waals surface area (Å²) in [5.41, 5.74) is 0. The van der Waals surface area contributed by atoms with Gasteiger partial charge in [-0.1, -0.05) is 6.92 Å². The Morgan fingerprint density at radius 1 is 1.40 bits per heavy atom. The van der Waals surface area contributed by atoms with Crippen molar-refractivity contribution in [2.45, 2.75) is 26.6 Å². The van der Waals surface area contributed by atoms with Crippen LogP contribution in [0.4, 0.5) is 0 Å². The lowest BCUT2D eigenvalue weighted by Crippen LogP contribution is -2.21. The van der Waals surface area contributed by atoms with Crippen molar-refractivity contribution in [3.05, 3.63) is 11.7 Å². The molecule has 0 heterocycles. The molecule has 1 nitrogen and oxygen atoms in total. The molecule has 0 aliphatic carbocycles. The van der Waals surface area contributed by atoms with Crippen molar-refractivity contribution in [2.24, 2.45) is 0 Å². The summed E-state index contributed by atoms with van der Waals surface area (Å²) in [5.74, 6) is 1.12. The molecule has 3 heteroatoms. The SMILES string of the molecule is CCS/C=C/O[Si](C)(C)C. The maximum absolute atomic E-state index is 5.47. The van der Waals surface area contributed by atoms with Gasteiger partial charge in [-0.05, 0) is 25.4 Å². The van der Waals surface area contributed by atoms with Crippen LogP contribution in [-0.2, 0) is 4.43 Å². The first-order valence-electron chi connectivity index (χ1n) is 3.50. The predicted octanol–water partition coefficient (Wildman–Crippen LogP) is 3.06. The predicted molar refractivity (Wildman–Crippen MR) is 51.7 cm³/mol. The van der Waals surface area contributed by atoms with Gasteiger partial charge >= 0.3 is 0 Å². The highest BCUT2D eigenvalue weighted by Gasteiger charge is 2.12. The summed E-state index contributed by atoms with van der Waals surface area (Å²) in [7, 11) is -1.31. The molecule has 0 aliphatic heterocycles. The Morgan fingerprint density at radius 2 is 2.00 bits per heavy atom. The Morgan fingerprint density at radius 3 is 2.40 bits per heavy atom. The lowest BCUT2D eigenvalue weighted by Gasteiger charge is -2.14. The Bertz CT molecular complexity index is 107. The maximum Gasteiger partial charge on any atom is 0.241 e. The van der Waals surface area contributed by atoms with E-state index in [9.17, 15) is 0 Å². The average molecular weight is 176 g/mol. The zero-order valence-electron chi connectivity index (χ0n) is 7.18. The Balaban J connectivity index is 3.34. The van der Waals surface area contributed by atoms with Crippen LogP contribution in [0.3, 0.4) is 0 Å². The molecule has 0 rings (SSSR count). The van der Waals surface area contributed by atoms with Gasteiger partial charge in [-0.25, -0.2) is 0 Å². The highest BCUT2D eigenvalue weighted by atomic mass is 32.2. The van der Waals surface area contributed by atoms with E-state index in [2.05, 4.69) is 26.6 Å². The third kappa shape index (κ3) is 8.11. The summed E-state index contributed by atoms with van der Waals surface area (Å²) in [6, 6.07) is 0. The molecule has 0 aromatic carbocycles. The zero-order chi connectivity index (χ0) is 8.04. The summed E-state index contributed by atoms with van der Waals surface area (Å²) in [5, 5.41) is 2.01. The van der Waals surface area contributed by atoms with Crippen LogP contribution in [0.25, 0.3) is 0 Å². The van der Waals surface area contributed by atoms with E-state index in [-0.39, 0.29) is 0 Å². The molecule has 0 aliphatic rings. The quantitative estimate of drug-likeness (QED) is 0.481. The van der Waals surface area contributed by atoms with E-state index in [1.54, 1.807) is 11.8 Å². The minimum atomic E-state index is -1.31. The second-order valence-electron chi connectivity index (χ2n) is 2.96. The molecule has 0 saturated heterocycles. The molecule has 0 amide bonds. The van der Waals surface area contributed by atoms with Gasteiger partial charge in [-0.2, -0.15) is 0 Å². The summed E-state index contributed by atoms with van der Waals surface area (Å²) in [4.78, 5) is 0. The third-order valence-corrected chi connectivity index (χ3v) is 2.22. The van der Waals surface area contributed by atoms with Crippen LogP contribution in [0.1, 0.15) is 6.92 Å². The fraction of sp³-hybridized carbons (Fsp3) is 0.714. The van der Waals surface area contributed by atoms with Crippen molar-refractivity contribution in [3.63, 3.8) is 0 Å². The van der Waals surface area contributed by atoms with Crippen LogP contribution in [-0.4, -0.2) is 14.1 Å². The van der Waals surface area contributed by atoms with Crippen molar-refractivity contribution in [1.29, 1.82) is 0 Å². The van der Waals surface area contributed by atoms with Crippen LogP contribution in [0.5, 0.6) is 0 Å². The van der Waals surface area contributed by atoms with Gasteiger partial charge in [0.05, 0.1) is 6.26 Å². The minimum Gasteiger partial charge on any atom is -0.549 e. The maximum atomic E-state index is 5.47. The number of rotatable bonds is 4. The first kappa shape index (κ1) is 10.1. The molecular formula is C7H16OSSi. The molecule has 0 spiro atoms. The summed E-state index contributed by atoms with van der Waals surface area (Å²) in [6.45, 7) is 8.65. The van der Waals surface area contributed by atoms with E-state index in [0.717, 1.165) is 5.75 Å². The first-order chi connectivity index (χ1) is 4.56. The second-order valence-corrected chi connectivity index (χ2v) is 8.60. The van der Waals surface area contributed by atoms with Crippen LogP contribution in [0, 0.1) is 0 Å². The Kier molecular flexibility index (Phi) is 4.90. The molecular weight excluding hydrogens is 160 g/mol. The molecule has 0 bridgehead atoms. The van der Waals surface area contributed by atoms with Gasteiger partial charge in [0.25, 0.3) is 0 Å². The van der Waals surface area contributed by atoms with Gasteiger partial charge in [0, 0.05) is 5.41 Å². The van der Waals surface area contributed by atoms with Gasteiger partial charge in [0.2, 0.25) is 8.32 Å². The molecule has 0 saturated carbocycles. The second kappa shape index (κ2) is 4.85. The molecule has 0 atom stereocenters. The van der Waals surface area contributed by atoms with Crippen molar-refractivity contribution < 1.29 is 4.43 Å². The van der Waals surface area contributed by atoms with E-state index < -0.39 is 8.32 Å². The highest BCUT2D eigenvalue weighted by Crippen LogP contribution is 2.06. The van der Waals surface area contributed by atoms with E-state index in [1.807, 2.05) is 11.7 Å². The lowest BCUT2D eigenvalue weighted by atomic mass is 11.0. The van der Waals surface area contributed by atoms with Crippen molar-refractivity contribution in [2.75, 3.05) is 5.75 Å². The van der Waals surface area contributed by atoms with E-state index in [4.69, 9.17) is 4.43 Å². The van der Waals surface area contributed by atoms with Crippen LogP contribution >= 0.6 is 11.8 Å². The Labute approximate surface area is 69.0 Å². The minimum absolute atomic E-state index is 1.12. The topological polar surface area (TPSA) is 9.23 Å². The standard InChI is InChI=1S/C7H16OSSi/c1-5-9-7-6-8-10(2,3)4/h6-7H,5H2,1-4H3/b7-6+. The fourth-order valence-electron chi connectivity index (χ4n) is 0.367. The largest absolute Gasteiger partial charge is 0.549 e. The molecule has 0 radical (unpaired) electrons. The van der Waals surface area contributed by atoms with Gasteiger partial charge < -0.3 is 4.43 Å². The zero-order valence-corrected chi connectivity index (χ0v) is 8.99. The van der Waals surface area contributed by atoms with Crippen molar-refractivity contribution >= 4 is 20.1 Å². The number of thioether (sulfide) groups is 1. The van der Waals surface area contributed by atoms with Gasteiger partial charge in [-0.3, -0.25) is 0 Å². The molecule has 0 fully saturated rings. The molecule has 0 aromatic heterocycles. The van der Waals surface area contributed by atoms with Gasteiger partial charge in [-0.15, -0.1) is 11.8 Å². The van der Waals surface area contributed by atoms with Crippen molar-refractivity contribution in [3.8, 4) is 0 Å². The average Bonchev–Trinajstić information content (AvgIpc) is 1.78. The van der Waals surface area contributed by atoms with Gasteiger partial charge in [0.15, 0.2) is 0 Å². The normalized spacial score (nSPS) is 12.4. The van der Waals surface area contributed by atoms with Crippen LogP contribution < -0.4 is 0 Å². The molecule has 10 heavy (non-hydrogen) atoms. The molecule has 0 aromatic rings. The Hall–Kier alpha value is 0.107. The highest BCUT2D eigenvalue weighted by molar-refractivity contribution is 8.02. The van der Waals surface area contributed by atoms with Crippen molar-refractivity contribution in [1.82, 2.24) is 0 Å². The smallest absolute Gasteiger partial charge is 0.241 e. The van der Waals surface area contributed by atoms with E-state index in [1.165, 1.54) is 0 Å². The summed E-state index contributed by atoms with van der Waals surface area (Å²) >= 11 is 1.77. The summed E-state index contributed by atoms with van der Waals surface area (Å²) < 4.78 is 5.47. The lowest BCUT2D eigenvalue weighted by molar-refractivity contribution is 0.481. The monoisotopic (exact) mass is 176 g/mol. The third-order valence-electron chi connectivity index (χ3n) is 0.740. The van der Waals surface area contributed by atoms with Crippen LogP contribution in [0.15, 0.2) is 11.7 Å². The fourth-order valence-corrected chi connectivity index (χ4v) is 1.27. The molecule has 60 valence electrons. The number of hydrogen-bond donors (Lipinski definition) is 0. The van der Waals surface area contributed by atoms with E-state index in [0.29, 0.717) is 0 Å².